The number of nitrogens with two attached hydrogens (primary N) is 2. The summed E-state index contributed by atoms with van der Waals surface area (Å²) in [7, 11) is 0. The van der Waals surface area contributed by atoms with E-state index in [1.54, 1.807) is 24.3 Å². The number of guanidine groups is 1. The molecule has 11 rings (SSSR count). The van der Waals surface area contributed by atoms with Crippen molar-refractivity contribution in [3.63, 3.8) is 0 Å². The number of carbonyl (C=O) groups excluding carboxylic acids is 4. The largest absolute Gasteiger partial charge is 0.507 e. The van der Waals surface area contributed by atoms with E-state index in [0.29, 0.717) is 48.7 Å². The maximum Gasteiger partial charge on any atom is 0.308 e. The molecule has 10 atom stereocenters. The van der Waals surface area contributed by atoms with Crippen LogP contribution < -0.4 is 26.3 Å². The first-order valence-electron chi connectivity index (χ1n) is 29.9. The minimum atomic E-state index is -3.10. The van der Waals surface area contributed by atoms with Crippen molar-refractivity contribution < 1.29 is 73.9 Å². The monoisotopic (exact) mass is 1160 g/mol. The Labute approximate surface area is 493 Å². The Balaban J connectivity index is 1.14. The number of aldehydes is 1. The van der Waals surface area contributed by atoms with Crippen molar-refractivity contribution in [2.45, 2.75) is 190 Å². The molecule has 450 valence electrons. The first-order chi connectivity index (χ1) is 40.7. The SMILES string of the molecule is CCC1CC2CCc3ccc(Cc4c(O)c5c6c(c4OC4OC(C)C(O)C(O)(O)C4OCC4CC7(CCCCC7)NC(N)=N4)CC#CC(N)CCC(O)Cc4cccc(c4)C=Cc4c(OC(C)=O)cc(CO)c(c4C6=O)C5=O)c(C=O)c3C2(O)C1. The summed E-state index contributed by atoms with van der Waals surface area (Å²) < 4.78 is 25.5. The molecule has 2 aliphatic heterocycles. The summed E-state index contributed by atoms with van der Waals surface area (Å²) in [6, 6.07) is 10.7. The van der Waals surface area contributed by atoms with Crippen molar-refractivity contribution in [1.82, 2.24) is 5.32 Å². The summed E-state index contributed by atoms with van der Waals surface area (Å²) in [5.74, 6) is -0.621. The first-order valence-corrected chi connectivity index (χ1v) is 29.9. The number of aryl methyl sites for hydroxylation is 1. The molecule has 7 aliphatic rings. The summed E-state index contributed by atoms with van der Waals surface area (Å²) in [4.78, 5) is 63.3. The van der Waals surface area contributed by atoms with Crippen LogP contribution >= 0.6 is 0 Å². The molecule has 1 saturated heterocycles. The van der Waals surface area contributed by atoms with E-state index in [-0.39, 0.29) is 99.6 Å². The van der Waals surface area contributed by atoms with E-state index in [0.717, 1.165) is 63.0 Å². The van der Waals surface area contributed by atoms with E-state index in [2.05, 4.69) is 29.1 Å². The van der Waals surface area contributed by atoms with E-state index >= 15 is 9.59 Å². The van der Waals surface area contributed by atoms with Crippen molar-refractivity contribution in [2.75, 3.05) is 6.61 Å². The Kier molecular flexibility index (Phi) is 16.8. The molecule has 19 heteroatoms. The summed E-state index contributed by atoms with van der Waals surface area (Å²) in [6.45, 7) is 3.52. The molecular weight excluding hydrogens is 1090 g/mol. The van der Waals surface area contributed by atoms with Gasteiger partial charge in [0.25, 0.3) is 0 Å². The predicted molar refractivity (Wildman–Crippen MR) is 313 cm³/mol. The molecule has 85 heavy (non-hydrogen) atoms. The Morgan fingerprint density at radius 1 is 0.965 bits per heavy atom. The quantitative estimate of drug-likeness (QED) is 0.0266. The molecule has 0 aromatic heterocycles. The minimum Gasteiger partial charge on any atom is -0.507 e. The van der Waals surface area contributed by atoms with Crippen molar-refractivity contribution in [3.8, 4) is 29.1 Å². The number of esters is 1. The fraction of sp³-hybridized carbons (Fsp3) is 0.500. The zero-order chi connectivity index (χ0) is 60.3. The van der Waals surface area contributed by atoms with Crippen molar-refractivity contribution >= 4 is 41.9 Å². The van der Waals surface area contributed by atoms with E-state index in [9.17, 15) is 45.3 Å². The standard InChI is InChI=1S/C66H76N4O15/c1-4-36-25-42-18-17-39-15-16-40(49(32-72)55(39)65(42,79)29-36)27-48-56(75)54-53-47(59(48)85-62-61(66(80,81)60(78)34(2)83-62)82-33-44-30-64(70-63(68)69-44)22-6-5-7-23-64)13-9-12-43(67)19-20-45(74)26-38-11-8-10-37(24-38)14-21-46-50(84-35(3)73)28-41(31-71)51(57(54)76)52(46)58(53)77/h8,10-11,14-16,21,24,28,32,34,36,42-45,60-62,71,74-75,78-81H,4-7,13,17-20,22-23,25-27,29-31,33,67H2,1-3H3,(H3,68,69,70). The molecule has 2 saturated carbocycles. The third kappa shape index (κ3) is 11.2. The number of nitrogens with zero attached hydrogens (tertiary/aromatic N) is 1. The Morgan fingerprint density at radius 2 is 1.74 bits per heavy atom. The van der Waals surface area contributed by atoms with Crippen LogP contribution in [0.15, 0.2) is 47.5 Å². The number of phenolic OH excluding ortho intramolecular Hbond substituents is 1. The van der Waals surface area contributed by atoms with Gasteiger partial charge >= 0.3 is 5.97 Å². The number of ketones is 2. The maximum absolute atomic E-state index is 16.2. The van der Waals surface area contributed by atoms with Crippen LogP contribution in [0, 0.1) is 23.7 Å². The number of aliphatic hydroxyl groups is 6. The van der Waals surface area contributed by atoms with Crippen LogP contribution in [-0.2, 0) is 52.2 Å². The number of aliphatic hydroxyl groups excluding tert-OH is 3. The van der Waals surface area contributed by atoms with Gasteiger partial charge in [-0.05, 0) is 128 Å². The number of carbonyl (C=O) groups is 4. The third-order valence-electron chi connectivity index (χ3n) is 18.9. The van der Waals surface area contributed by atoms with Gasteiger partial charge < -0.3 is 71.5 Å². The smallest absolute Gasteiger partial charge is 0.308 e. The minimum absolute atomic E-state index is 0.0327. The van der Waals surface area contributed by atoms with Gasteiger partial charge in [-0.2, -0.15) is 0 Å². The average Bonchev–Trinajstić information content (AvgIpc) is 1.35. The number of nitrogens with one attached hydrogen (secondary N) is 1. The summed E-state index contributed by atoms with van der Waals surface area (Å²) in [5.41, 5.74) is 12.4. The highest BCUT2D eigenvalue weighted by Crippen LogP contribution is 2.55. The molecule has 0 radical (unpaired) electrons. The molecule has 0 amide bonds. The third-order valence-corrected chi connectivity index (χ3v) is 18.9. The number of ether oxygens (including phenoxy) is 4. The second-order valence-electron chi connectivity index (χ2n) is 24.6. The molecule has 2 heterocycles. The first kappa shape index (κ1) is 59.9. The number of aliphatic imine (C=N–C) groups is 1. The summed E-state index contributed by atoms with van der Waals surface area (Å²) >= 11 is 0. The molecule has 1 spiro atoms. The number of aromatic hydroxyl groups is 1. The zero-order valence-electron chi connectivity index (χ0n) is 48.2. The lowest BCUT2D eigenvalue weighted by atomic mass is 9.70. The fourth-order valence-corrected chi connectivity index (χ4v) is 14.8. The number of rotatable bonds is 11. The van der Waals surface area contributed by atoms with Gasteiger partial charge in [0, 0.05) is 64.2 Å². The molecule has 4 aromatic carbocycles. The van der Waals surface area contributed by atoms with Crippen LogP contribution in [0.1, 0.15) is 190 Å². The molecule has 10 unspecified atom stereocenters. The molecular formula is C66H76N4O15. The van der Waals surface area contributed by atoms with Crippen LogP contribution in [0.5, 0.6) is 17.2 Å². The van der Waals surface area contributed by atoms with Crippen LogP contribution in [0.25, 0.3) is 12.2 Å². The fourth-order valence-electron chi connectivity index (χ4n) is 14.8. The molecule has 12 N–H and O–H groups in total. The van der Waals surface area contributed by atoms with Crippen LogP contribution in [-0.4, -0.2) is 126 Å². The summed E-state index contributed by atoms with van der Waals surface area (Å²) in [6.07, 6.45) is 4.11. The lowest BCUT2D eigenvalue weighted by molar-refractivity contribution is -0.379. The van der Waals surface area contributed by atoms with Gasteiger partial charge in [0.05, 0.1) is 48.7 Å². The Morgan fingerprint density at radius 3 is 2.48 bits per heavy atom. The molecule has 19 nitrogen and oxygen atoms in total. The lowest BCUT2D eigenvalue weighted by Gasteiger charge is -2.47. The van der Waals surface area contributed by atoms with Gasteiger partial charge in [0.15, 0.2) is 29.9 Å². The second kappa shape index (κ2) is 23.8. The highest BCUT2D eigenvalue weighted by atomic mass is 16.7. The summed E-state index contributed by atoms with van der Waals surface area (Å²) in [5, 5.41) is 87.3. The average molecular weight is 1170 g/mol. The van der Waals surface area contributed by atoms with Gasteiger partial charge in [-0.15, -0.1) is 0 Å². The van der Waals surface area contributed by atoms with Crippen LogP contribution in [0.2, 0.25) is 0 Å². The topological polar surface area (TPSA) is 323 Å². The molecule has 3 fully saturated rings. The van der Waals surface area contributed by atoms with E-state index in [1.807, 2.05) is 18.2 Å². The van der Waals surface area contributed by atoms with Crippen molar-refractivity contribution in [2.24, 2.45) is 28.3 Å². The number of hydrogen-bond acceptors (Lipinski definition) is 19. The molecule has 4 bridgehead atoms. The highest BCUT2D eigenvalue weighted by Gasteiger charge is 2.57. The van der Waals surface area contributed by atoms with Crippen LogP contribution in [0.3, 0.4) is 0 Å². The van der Waals surface area contributed by atoms with Gasteiger partial charge in [0.1, 0.15) is 23.4 Å². The van der Waals surface area contributed by atoms with Gasteiger partial charge in [-0.1, -0.05) is 86.9 Å². The molecule has 5 aliphatic carbocycles. The Bertz CT molecular complexity index is 3460. The van der Waals surface area contributed by atoms with Crippen molar-refractivity contribution in [1.29, 1.82) is 0 Å². The van der Waals surface area contributed by atoms with Crippen molar-refractivity contribution in [3.05, 3.63) is 120 Å². The number of hydrogen-bond donors (Lipinski definition) is 10. The highest BCUT2D eigenvalue weighted by molar-refractivity contribution is 6.32. The maximum atomic E-state index is 16.2. The van der Waals surface area contributed by atoms with E-state index < -0.39 is 108 Å². The number of fused-ring (bicyclic) bond motifs is 5. The normalized spacial score (nSPS) is 28.4. The van der Waals surface area contributed by atoms with E-state index in [4.69, 9.17) is 30.4 Å². The zero-order valence-corrected chi connectivity index (χ0v) is 48.2. The second-order valence-corrected chi connectivity index (χ2v) is 24.6. The van der Waals surface area contributed by atoms with E-state index in [1.165, 1.54) is 19.1 Å². The van der Waals surface area contributed by atoms with Gasteiger partial charge in [-0.3, -0.25) is 19.2 Å². The predicted octanol–water partition coefficient (Wildman–Crippen LogP) is 5.23. The lowest BCUT2D eigenvalue weighted by Crippen LogP contribution is -2.68. The Hall–Kier alpha value is -6.83. The molecule has 4 aromatic rings. The van der Waals surface area contributed by atoms with Gasteiger partial charge in [-0.25, -0.2) is 4.99 Å². The van der Waals surface area contributed by atoms with Crippen LogP contribution in [0.4, 0.5) is 0 Å². The van der Waals surface area contributed by atoms with Gasteiger partial charge in [0.2, 0.25) is 12.1 Å². The number of benzene rings is 4. The number of phenols is 1.